The Kier molecular flexibility index (Phi) is 8.10. The number of rotatable bonds is 8. The molecule has 10 nitrogen and oxygen atoms in total. The standard InChI is InChI=1S/C26H23N3O7/c30-24(28-29-26(32)23-16-34-21-6-1-2-7-22(21)36-23)17-35-25(31)13-10-18-8-11-20(12-9-18)33-15-19-5-3-4-14-27-19/h1-14,23H,15-17H2,(H,28,30)(H,29,32)/b13-10+. The van der Waals surface area contributed by atoms with Gasteiger partial charge in [0.2, 0.25) is 6.10 Å². The second-order valence-corrected chi connectivity index (χ2v) is 7.52. The zero-order valence-electron chi connectivity index (χ0n) is 19.1. The first-order valence-electron chi connectivity index (χ1n) is 11.0. The molecular formula is C26H23N3O7. The summed E-state index contributed by atoms with van der Waals surface area (Å²) in [7, 11) is 0. The Balaban J connectivity index is 1.14. The van der Waals surface area contributed by atoms with Crippen molar-refractivity contribution in [3.05, 3.63) is 90.3 Å². The van der Waals surface area contributed by atoms with Crippen LogP contribution in [0.25, 0.3) is 6.08 Å². The van der Waals surface area contributed by atoms with Crippen LogP contribution in [-0.2, 0) is 25.7 Å². The number of hydrogen-bond acceptors (Lipinski definition) is 8. The highest BCUT2D eigenvalue weighted by Crippen LogP contribution is 2.30. The maximum absolute atomic E-state index is 12.2. The van der Waals surface area contributed by atoms with E-state index in [-0.39, 0.29) is 6.61 Å². The number of amides is 2. The van der Waals surface area contributed by atoms with Crippen LogP contribution < -0.4 is 25.1 Å². The fourth-order valence-electron chi connectivity index (χ4n) is 3.06. The van der Waals surface area contributed by atoms with Crippen LogP contribution in [0.3, 0.4) is 0 Å². The van der Waals surface area contributed by atoms with Crippen LogP contribution in [0.1, 0.15) is 11.3 Å². The molecule has 10 heteroatoms. The quantitative estimate of drug-likeness (QED) is 0.280. The Morgan fingerprint density at radius 2 is 1.75 bits per heavy atom. The molecule has 2 N–H and O–H groups in total. The molecule has 1 aromatic heterocycles. The molecule has 0 bridgehead atoms. The van der Waals surface area contributed by atoms with Gasteiger partial charge in [0, 0.05) is 12.3 Å². The molecule has 0 spiro atoms. The lowest BCUT2D eigenvalue weighted by molar-refractivity contribution is -0.145. The van der Waals surface area contributed by atoms with Crippen molar-refractivity contribution in [2.24, 2.45) is 0 Å². The predicted octanol–water partition coefficient (Wildman–Crippen LogP) is 2.20. The van der Waals surface area contributed by atoms with Crippen molar-refractivity contribution < 1.29 is 33.3 Å². The SMILES string of the molecule is O=C(COC(=O)/C=C/c1ccc(OCc2ccccn2)cc1)NNC(=O)C1COc2ccccc2O1. The fraction of sp³-hybridized carbons (Fsp3) is 0.154. The zero-order chi connectivity index (χ0) is 25.2. The van der Waals surface area contributed by atoms with Gasteiger partial charge in [-0.05, 0) is 48.0 Å². The van der Waals surface area contributed by atoms with Gasteiger partial charge < -0.3 is 18.9 Å². The number of carbonyl (C=O) groups excluding carboxylic acids is 3. The largest absolute Gasteiger partial charge is 0.487 e. The Morgan fingerprint density at radius 3 is 2.53 bits per heavy atom. The summed E-state index contributed by atoms with van der Waals surface area (Å²) in [6.45, 7) is -0.231. The third kappa shape index (κ3) is 7.07. The summed E-state index contributed by atoms with van der Waals surface area (Å²) in [6, 6.07) is 19.6. The van der Waals surface area contributed by atoms with Crippen LogP contribution in [0.4, 0.5) is 0 Å². The van der Waals surface area contributed by atoms with Crippen molar-refractivity contribution in [3.8, 4) is 17.2 Å². The van der Waals surface area contributed by atoms with Crippen LogP contribution in [-0.4, -0.2) is 42.1 Å². The van der Waals surface area contributed by atoms with Crippen molar-refractivity contribution in [3.63, 3.8) is 0 Å². The van der Waals surface area contributed by atoms with Crippen molar-refractivity contribution in [1.29, 1.82) is 0 Å². The molecule has 0 aliphatic carbocycles. The smallest absolute Gasteiger partial charge is 0.331 e. The van der Waals surface area contributed by atoms with E-state index in [1.165, 1.54) is 6.08 Å². The monoisotopic (exact) mass is 489 g/mol. The molecule has 0 saturated heterocycles. The lowest BCUT2D eigenvalue weighted by Gasteiger charge is -2.25. The molecule has 1 unspecified atom stereocenters. The number of para-hydroxylation sites is 2. The summed E-state index contributed by atoms with van der Waals surface area (Å²) in [5, 5.41) is 0. The zero-order valence-corrected chi connectivity index (χ0v) is 19.1. The lowest BCUT2D eigenvalue weighted by Crippen LogP contribution is -2.51. The summed E-state index contributed by atoms with van der Waals surface area (Å²) < 4.78 is 21.6. The third-order valence-corrected chi connectivity index (χ3v) is 4.88. The third-order valence-electron chi connectivity index (χ3n) is 4.88. The molecule has 2 aromatic carbocycles. The molecule has 0 radical (unpaired) electrons. The van der Waals surface area contributed by atoms with E-state index < -0.39 is 30.5 Å². The first kappa shape index (κ1) is 24.3. The first-order chi connectivity index (χ1) is 17.6. The summed E-state index contributed by atoms with van der Waals surface area (Å²) in [6.07, 6.45) is 3.51. The van der Waals surface area contributed by atoms with Crippen molar-refractivity contribution in [2.75, 3.05) is 13.2 Å². The number of benzene rings is 2. The molecule has 1 aliphatic heterocycles. The maximum atomic E-state index is 12.2. The Bertz CT molecular complexity index is 1230. The van der Waals surface area contributed by atoms with Crippen LogP contribution in [0.15, 0.2) is 79.0 Å². The molecule has 184 valence electrons. The summed E-state index contributed by atoms with van der Waals surface area (Å²) in [5.41, 5.74) is 5.95. The van der Waals surface area contributed by atoms with Gasteiger partial charge in [0.25, 0.3) is 11.8 Å². The van der Waals surface area contributed by atoms with E-state index in [1.807, 2.05) is 18.2 Å². The van der Waals surface area contributed by atoms with Crippen LogP contribution >= 0.6 is 0 Å². The number of pyridine rings is 1. The Hall–Kier alpha value is -4.86. The van der Waals surface area contributed by atoms with Gasteiger partial charge in [0.15, 0.2) is 18.1 Å². The van der Waals surface area contributed by atoms with Gasteiger partial charge in [0.1, 0.15) is 19.0 Å². The van der Waals surface area contributed by atoms with E-state index in [1.54, 1.807) is 60.8 Å². The second kappa shape index (κ2) is 12.0. The number of nitrogens with one attached hydrogen (secondary N) is 2. The molecule has 1 aliphatic rings. The number of aromatic nitrogens is 1. The van der Waals surface area contributed by atoms with E-state index in [0.29, 0.717) is 23.9 Å². The van der Waals surface area contributed by atoms with Gasteiger partial charge in [-0.1, -0.05) is 30.3 Å². The van der Waals surface area contributed by atoms with Crippen LogP contribution in [0.5, 0.6) is 17.2 Å². The van der Waals surface area contributed by atoms with Gasteiger partial charge >= 0.3 is 5.97 Å². The first-order valence-corrected chi connectivity index (χ1v) is 11.0. The highest BCUT2D eigenvalue weighted by atomic mass is 16.6. The maximum Gasteiger partial charge on any atom is 0.331 e. The number of nitrogens with zero attached hydrogens (tertiary/aromatic N) is 1. The van der Waals surface area contributed by atoms with Crippen molar-refractivity contribution in [1.82, 2.24) is 15.8 Å². The lowest BCUT2D eigenvalue weighted by atomic mass is 10.2. The topological polar surface area (TPSA) is 125 Å². The molecule has 0 fully saturated rings. The minimum Gasteiger partial charge on any atom is -0.487 e. The average Bonchev–Trinajstić information content (AvgIpc) is 2.93. The molecule has 2 amide bonds. The molecule has 36 heavy (non-hydrogen) atoms. The number of hydrogen-bond donors (Lipinski definition) is 2. The van der Waals surface area contributed by atoms with Crippen molar-refractivity contribution >= 4 is 23.9 Å². The van der Waals surface area contributed by atoms with Gasteiger partial charge in [-0.3, -0.25) is 25.4 Å². The highest BCUT2D eigenvalue weighted by Gasteiger charge is 2.27. The van der Waals surface area contributed by atoms with Gasteiger partial charge in [-0.25, -0.2) is 4.79 Å². The fourth-order valence-corrected chi connectivity index (χ4v) is 3.06. The van der Waals surface area contributed by atoms with Gasteiger partial charge in [-0.15, -0.1) is 0 Å². The van der Waals surface area contributed by atoms with E-state index in [9.17, 15) is 14.4 Å². The van der Waals surface area contributed by atoms with Crippen LogP contribution in [0.2, 0.25) is 0 Å². The molecular weight excluding hydrogens is 466 g/mol. The minimum absolute atomic E-state index is 0.00413. The van der Waals surface area contributed by atoms with Crippen LogP contribution in [0, 0.1) is 0 Å². The van der Waals surface area contributed by atoms with Gasteiger partial charge in [-0.2, -0.15) is 0 Å². The number of fused-ring (bicyclic) bond motifs is 1. The number of esters is 1. The van der Waals surface area contributed by atoms with E-state index >= 15 is 0 Å². The number of ether oxygens (including phenoxy) is 4. The van der Waals surface area contributed by atoms with Crippen molar-refractivity contribution in [2.45, 2.75) is 12.7 Å². The summed E-state index contributed by atoms with van der Waals surface area (Å²) in [4.78, 5) is 40.2. The molecule has 4 rings (SSSR count). The normalized spacial score (nSPS) is 14.1. The second-order valence-electron chi connectivity index (χ2n) is 7.52. The molecule has 1 atom stereocenters. The van der Waals surface area contributed by atoms with E-state index in [2.05, 4.69) is 15.8 Å². The Labute approximate surface area is 206 Å². The Morgan fingerprint density at radius 1 is 0.972 bits per heavy atom. The highest BCUT2D eigenvalue weighted by molar-refractivity contribution is 5.90. The molecule has 0 saturated carbocycles. The predicted molar refractivity (Wildman–Crippen MR) is 128 cm³/mol. The van der Waals surface area contributed by atoms with Gasteiger partial charge in [0.05, 0.1) is 5.69 Å². The summed E-state index contributed by atoms with van der Waals surface area (Å²) >= 11 is 0. The summed E-state index contributed by atoms with van der Waals surface area (Å²) in [5.74, 6) is -0.396. The molecule has 2 heterocycles. The minimum atomic E-state index is -0.933. The van der Waals surface area contributed by atoms with E-state index in [0.717, 1.165) is 11.3 Å². The number of hydrazine groups is 1. The molecule has 3 aromatic rings. The average molecular weight is 489 g/mol. The van der Waals surface area contributed by atoms with E-state index in [4.69, 9.17) is 18.9 Å². The number of carbonyl (C=O) groups is 3.